The SMILES string of the molecule is Cc1c(I)cnn1CCc1nc(-c2cccs2)no1. The lowest BCUT2D eigenvalue weighted by Gasteiger charge is -2.01. The van der Waals surface area contributed by atoms with Crippen LogP contribution in [0, 0.1) is 10.5 Å². The first-order valence-corrected chi connectivity index (χ1v) is 7.74. The Kier molecular flexibility index (Phi) is 3.65. The van der Waals surface area contributed by atoms with Crippen LogP contribution in [0.2, 0.25) is 0 Å². The lowest BCUT2D eigenvalue weighted by molar-refractivity contribution is 0.368. The summed E-state index contributed by atoms with van der Waals surface area (Å²) in [6, 6.07) is 3.96. The highest BCUT2D eigenvalue weighted by Gasteiger charge is 2.10. The summed E-state index contributed by atoms with van der Waals surface area (Å²) in [5.74, 6) is 1.31. The molecule has 0 radical (unpaired) electrons. The molecule has 0 spiro atoms. The van der Waals surface area contributed by atoms with Crippen molar-refractivity contribution in [2.45, 2.75) is 19.9 Å². The summed E-state index contributed by atoms with van der Waals surface area (Å²) < 4.78 is 8.38. The third-order valence-corrected chi connectivity index (χ3v) is 4.72. The van der Waals surface area contributed by atoms with E-state index in [4.69, 9.17) is 4.52 Å². The summed E-state index contributed by atoms with van der Waals surface area (Å²) >= 11 is 3.88. The van der Waals surface area contributed by atoms with E-state index in [1.807, 2.05) is 28.4 Å². The highest BCUT2D eigenvalue weighted by molar-refractivity contribution is 14.1. The highest BCUT2D eigenvalue weighted by atomic mass is 127. The number of hydrogen-bond acceptors (Lipinski definition) is 5. The monoisotopic (exact) mass is 386 g/mol. The van der Waals surface area contributed by atoms with Crippen LogP contribution in [0.5, 0.6) is 0 Å². The van der Waals surface area contributed by atoms with E-state index in [9.17, 15) is 0 Å². The molecule has 0 saturated carbocycles. The van der Waals surface area contributed by atoms with E-state index in [0.717, 1.165) is 11.4 Å². The Bertz CT molecular complexity index is 674. The van der Waals surface area contributed by atoms with Crippen molar-refractivity contribution in [1.29, 1.82) is 0 Å². The van der Waals surface area contributed by atoms with Crippen molar-refractivity contribution in [2.75, 3.05) is 0 Å². The number of halogens is 1. The minimum atomic E-state index is 0.647. The Morgan fingerprint density at radius 1 is 1.47 bits per heavy atom. The summed E-state index contributed by atoms with van der Waals surface area (Å²) in [5, 5.41) is 10.3. The van der Waals surface area contributed by atoms with Gasteiger partial charge in [0.25, 0.3) is 0 Å². The van der Waals surface area contributed by atoms with E-state index in [0.29, 0.717) is 18.1 Å². The summed E-state index contributed by atoms with van der Waals surface area (Å²) in [6.45, 7) is 2.81. The van der Waals surface area contributed by atoms with E-state index < -0.39 is 0 Å². The largest absolute Gasteiger partial charge is 0.339 e. The number of thiophene rings is 1. The van der Waals surface area contributed by atoms with Crippen LogP contribution in [0.4, 0.5) is 0 Å². The zero-order valence-corrected chi connectivity index (χ0v) is 13.2. The molecular formula is C12H11IN4OS. The predicted octanol–water partition coefficient (Wildman–Crippen LogP) is 3.15. The molecule has 98 valence electrons. The molecule has 3 heterocycles. The van der Waals surface area contributed by atoms with Crippen molar-refractivity contribution in [3.8, 4) is 10.7 Å². The maximum absolute atomic E-state index is 5.26. The van der Waals surface area contributed by atoms with Gasteiger partial charge in [0, 0.05) is 12.1 Å². The maximum atomic E-state index is 5.26. The second-order valence-corrected chi connectivity index (χ2v) is 6.15. The molecule has 0 amide bonds. The first-order chi connectivity index (χ1) is 9.24. The Hall–Kier alpha value is -1.22. The molecule has 0 aliphatic heterocycles. The van der Waals surface area contributed by atoms with Crippen molar-refractivity contribution in [3.05, 3.63) is 38.9 Å². The fraction of sp³-hybridized carbons (Fsp3) is 0.250. The molecule has 0 aromatic carbocycles. The zero-order chi connectivity index (χ0) is 13.2. The van der Waals surface area contributed by atoms with Crippen LogP contribution in [0.25, 0.3) is 10.7 Å². The van der Waals surface area contributed by atoms with Crippen molar-refractivity contribution in [3.63, 3.8) is 0 Å². The van der Waals surface area contributed by atoms with Crippen molar-refractivity contribution in [1.82, 2.24) is 19.9 Å². The summed E-state index contributed by atoms with van der Waals surface area (Å²) in [6.07, 6.45) is 2.55. The van der Waals surface area contributed by atoms with Gasteiger partial charge in [0.2, 0.25) is 11.7 Å². The van der Waals surface area contributed by atoms with Crippen LogP contribution in [-0.4, -0.2) is 19.9 Å². The van der Waals surface area contributed by atoms with Crippen molar-refractivity contribution >= 4 is 33.9 Å². The van der Waals surface area contributed by atoms with Crippen LogP contribution >= 0.6 is 33.9 Å². The lowest BCUT2D eigenvalue weighted by atomic mass is 10.4. The normalized spacial score (nSPS) is 11.1. The van der Waals surface area contributed by atoms with E-state index in [1.54, 1.807) is 11.3 Å². The Balaban J connectivity index is 1.69. The van der Waals surface area contributed by atoms with Crippen LogP contribution in [0.15, 0.2) is 28.2 Å². The molecule has 0 atom stereocenters. The molecule has 0 unspecified atom stereocenters. The van der Waals surface area contributed by atoms with Gasteiger partial charge in [0.05, 0.1) is 21.2 Å². The number of aryl methyl sites for hydroxylation is 2. The second-order valence-electron chi connectivity index (χ2n) is 4.04. The molecule has 0 fully saturated rings. The molecule has 3 rings (SSSR count). The fourth-order valence-corrected chi connectivity index (χ4v) is 2.77. The quantitative estimate of drug-likeness (QED) is 0.647. The van der Waals surface area contributed by atoms with Gasteiger partial charge in [-0.1, -0.05) is 11.2 Å². The molecular weight excluding hydrogens is 375 g/mol. The third-order valence-electron chi connectivity index (χ3n) is 2.79. The molecule has 5 nitrogen and oxygen atoms in total. The molecule has 3 aromatic rings. The average Bonchev–Trinajstić information content (AvgIpc) is 3.11. The van der Waals surface area contributed by atoms with Gasteiger partial charge in [-0.05, 0) is 41.0 Å². The Morgan fingerprint density at radius 3 is 3.05 bits per heavy atom. The first kappa shape index (κ1) is 12.8. The van der Waals surface area contributed by atoms with Crippen LogP contribution in [-0.2, 0) is 13.0 Å². The van der Waals surface area contributed by atoms with E-state index in [2.05, 4.69) is 44.8 Å². The summed E-state index contributed by atoms with van der Waals surface area (Å²) in [4.78, 5) is 5.42. The van der Waals surface area contributed by atoms with Gasteiger partial charge in [-0.15, -0.1) is 11.3 Å². The Morgan fingerprint density at radius 2 is 2.37 bits per heavy atom. The lowest BCUT2D eigenvalue weighted by Crippen LogP contribution is -2.05. The summed E-state index contributed by atoms with van der Waals surface area (Å²) in [5.41, 5.74) is 1.17. The van der Waals surface area contributed by atoms with Crippen LogP contribution in [0.1, 0.15) is 11.6 Å². The van der Waals surface area contributed by atoms with Gasteiger partial charge in [-0.2, -0.15) is 10.1 Å². The van der Waals surface area contributed by atoms with Crippen LogP contribution in [0.3, 0.4) is 0 Å². The van der Waals surface area contributed by atoms with Crippen molar-refractivity contribution in [2.24, 2.45) is 0 Å². The zero-order valence-electron chi connectivity index (χ0n) is 10.2. The molecule has 7 heteroatoms. The Labute approximate surface area is 127 Å². The van der Waals surface area contributed by atoms with E-state index in [1.165, 1.54) is 9.26 Å². The number of nitrogens with zero attached hydrogens (tertiary/aromatic N) is 4. The fourth-order valence-electron chi connectivity index (χ4n) is 1.71. The van der Waals surface area contributed by atoms with Crippen LogP contribution < -0.4 is 0 Å². The average molecular weight is 386 g/mol. The van der Waals surface area contributed by atoms with E-state index >= 15 is 0 Å². The predicted molar refractivity (Wildman–Crippen MR) is 81.0 cm³/mol. The molecule has 19 heavy (non-hydrogen) atoms. The van der Waals surface area contributed by atoms with Crippen molar-refractivity contribution < 1.29 is 4.52 Å². The molecule has 0 aliphatic rings. The molecule has 0 saturated heterocycles. The standard InChI is InChI=1S/C12H11IN4OS/c1-8-9(13)7-14-17(8)5-4-11-15-12(16-18-11)10-3-2-6-19-10/h2-3,6-7H,4-5H2,1H3. The topological polar surface area (TPSA) is 56.7 Å². The minimum absolute atomic E-state index is 0.647. The second kappa shape index (κ2) is 5.41. The van der Waals surface area contributed by atoms with Gasteiger partial charge in [-0.25, -0.2) is 0 Å². The minimum Gasteiger partial charge on any atom is -0.339 e. The maximum Gasteiger partial charge on any atom is 0.228 e. The van der Waals surface area contributed by atoms with Gasteiger partial charge >= 0.3 is 0 Å². The number of rotatable bonds is 4. The molecule has 0 bridgehead atoms. The smallest absolute Gasteiger partial charge is 0.228 e. The molecule has 0 aliphatic carbocycles. The van der Waals surface area contributed by atoms with Gasteiger partial charge in [0.1, 0.15) is 0 Å². The van der Waals surface area contributed by atoms with E-state index in [-0.39, 0.29) is 0 Å². The first-order valence-electron chi connectivity index (χ1n) is 5.78. The third kappa shape index (κ3) is 2.71. The number of aromatic nitrogens is 4. The highest BCUT2D eigenvalue weighted by Crippen LogP contribution is 2.21. The number of hydrogen-bond donors (Lipinski definition) is 0. The van der Waals surface area contributed by atoms with Gasteiger partial charge in [-0.3, -0.25) is 4.68 Å². The summed E-state index contributed by atoms with van der Waals surface area (Å²) in [7, 11) is 0. The van der Waals surface area contributed by atoms with Gasteiger partial charge < -0.3 is 4.52 Å². The van der Waals surface area contributed by atoms with Gasteiger partial charge in [0.15, 0.2) is 0 Å². The molecule has 0 N–H and O–H groups in total. The molecule has 3 aromatic heterocycles.